The number of ether oxygens (including phenoxy) is 1. The lowest BCUT2D eigenvalue weighted by Crippen LogP contribution is -2.34. The summed E-state index contributed by atoms with van der Waals surface area (Å²) in [5.74, 6) is -0.972. The topological polar surface area (TPSA) is 39.2 Å². The Bertz CT molecular complexity index is 903. The molecule has 0 saturated carbocycles. The molecule has 0 bridgehead atoms. The van der Waals surface area contributed by atoms with Crippen molar-refractivity contribution in [3.05, 3.63) is 70.8 Å². The van der Waals surface area contributed by atoms with Crippen LogP contribution in [0.25, 0.3) is 5.57 Å². The van der Waals surface area contributed by atoms with Gasteiger partial charge in [0.25, 0.3) is 0 Å². The third-order valence-corrected chi connectivity index (χ3v) is 4.93. The summed E-state index contributed by atoms with van der Waals surface area (Å²) >= 11 is 0. The summed E-state index contributed by atoms with van der Waals surface area (Å²) < 4.78 is 57.1. The molecule has 7 heteroatoms. The standard InChI is InChI=1S/C20H17F4NO2/c1-12-15(4-3-5-16(12)21)19(18(26)27-2)9-8-13(10-19)14-6-7-17(25-11-14)20(22,23)24/h3-7,10-11H,8-9H2,1-2H3. The third-order valence-electron chi connectivity index (χ3n) is 4.93. The normalized spacial score (nSPS) is 19.7. The molecule has 1 atom stereocenters. The summed E-state index contributed by atoms with van der Waals surface area (Å²) in [5.41, 5.74) is -0.174. The van der Waals surface area contributed by atoms with Gasteiger partial charge in [0.15, 0.2) is 0 Å². The molecule has 142 valence electrons. The highest BCUT2D eigenvalue weighted by Crippen LogP contribution is 2.45. The monoisotopic (exact) mass is 379 g/mol. The Labute approximate surface area is 153 Å². The number of alkyl halides is 3. The zero-order valence-corrected chi connectivity index (χ0v) is 14.7. The fourth-order valence-corrected chi connectivity index (χ4v) is 3.51. The van der Waals surface area contributed by atoms with Crippen molar-refractivity contribution in [1.82, 2.24) is 4.98 Å². The summed E-state index contributed by atoms with van der Waals surface area (Å²) in [7, 11) is 1.25. The summed E-state index contributed by atoms with van der Waals surface area (Å²) in [6.07, 6.45) is -0.958. The van der Waals surface area contributed by atoms with Gasteiger partial charge < -0.3 is 4.74 Å². The Balaban J connectivity index is 2.07. The number of halogens is 4. The molecule has 2 aromatic rings. The lowest BCUT2D eigenvalue weighted by molar-refractivity contribution is -0.145. The number of rotatable bonds is 3. The Morgan fingerprint density at radius 2 is 1.96 bits per heavy atom. The first-order valence-electron chi connectivity index (χ1n) is 8.28. The predicted molar refractivity (Wildman–Crippen MR) is 91.3 cm³/mol. The predicted octanol–water partition coefficient (Wildman–Crippen LogP) is 4.84. The van der Waals surface area contributed by atoms with Crippen molar-refractivity contribution in [3.8, 4) is 0 Å². The molecule has 0 radical (unpaired) electrons. The first kappa shape index (κ1) is 19.1. The van der Waals surface area contributed by atoms with E-state index in [4.69, 9.17) is 4.74 Å². The van der Waals surface area contributed by atoms with Crippen molar-refractivity contribution in [1.29, 1.82) is 0 Å². The maximum Gasteiger partial charge on any atom is 0.433 e. The number of hydrogen-bond donors (Lipinski definition) is 0. The molecule has 0 spiro atoms. The minimum atomic E-state index is -4.52. The second-order valence-corrected chi connectivity index (χ2v) is 6.47. The highest BCUT2D eigenvalue weighted by atomic mass is 19.4. The van der Waals surface area contributed by atoms with Crippen LogP contribution in [0.15, 0.2) is 42.6 Å². The van der Waals surface area contributed by atoms with Crippen LogP contribution in [0, 0.1) is 12.7 Å². The van der Waals surface area contributed by atoms with Crippen molar-refractivity contribution in [2.24, 2.45) is 0 Å². The molecule has 1 aliphatic carbocycles. The molecule has 1 aliphatic rings. The summed E-state index contributed by atoms with van der Waals surface area (Å²) in [6.45, 7) is 1.58. The minimum absolute atomic E-state index is 0.334. The van der Waals surface area contributed by atoms with Crippen LogP contribution in [-0.4, -0.2) is 18.1 Å². The van der Waals surface area contributed by atoms with E-state index in [2.05, 4.69) is 4.98 Å². The van der Waals surface area contributed by atoms with Crippen LogP contribution in [0.1, 0.15) is 35.2 Å². The van der Waals surface area contributed by atoms with Gasteiger partial charge in [0.1, 0.15) is 16.9 Å². The highest BCUT2D eigenvalue weighted by molar-refractivity contribution is 5.91. The zero-order valence-electron chi connectivity index (χ0n) is 14.7. The number of methoxy groups -OCH3 is 1. The number of pyridine rings is 1. The molecule has 0 fully saturated rings. The van der Waals surface area contributed by atoms with Crippen molar-refractivity contribution < 1.29 is 27.1 Å². The maximum absolute atomic E-state index is 14.1. The van der Waals surface area contributed by atoms with E-state index in [1.165, 1.54) is 25.3 Å². The number of nitrogens with zero attached hydrogens (tertiary/aromatic N) is 1. The van der Waals surface area contributed by atoms with Gasteiger partial charge in [-0.3, -0.25) is 9.78 Å². The molecule has 0 saturated heterocycles. The van der Waals surface area contributed by atoms with Crippen molar-refractivity contribution in [2.45, 2.75) is 31.4 Å². The number of carbonyl (C=O) groups excluding carboxylic acids is 1. The van der Waals surface area contributed by atoms with E-state index in [-0.39, 0.29) is 0 Å². The number of allylic oxidation sites excluding steroid dienone is 1. The molecule has 0 aliphatic heterocycles. The number of hydrogen-bond acceptors (Lipinski definition) is 3. The first-order chi connectivity index (χ1) is 12.7. The van der Waals surface area contributed by atoms with Crippen LogP contribution < -0.4 is 0 Å². The molecule has 27 heavy (non-hydrogen) atoms. The van der Waals surface area contributed by atoms with Gasteiger partial charge in [-0.15, -0.1) is 0 Å². The van der Waals surface area contributed by atoms with E-state index in [0.717, 1.165) is 12.3 Å². The largest absolute Gasteiger partial charge is 0.468 e. The van der Waals surface area contributed by atoms with Gasteiger partial charge in [0.05, 0.1) is 7.11 Å². The van der Waals surface area contributed by atoms with E-state index in [1.54, 1.807) is 19.1 Å². The zero-order chi connectivity index (χ0) is 19.8. The van der Waals surface area contributed by atoms with Crippen LogP contribution in [0.3, 0.4) is 0 Å². The van der Waals surface area contributed by atoms with Gasteiger partial charge >= 0.3 is 12.1 Å². The van der Waals surface area contributed by atoms with Crippen molar-refractivity contribution in [2.75, 3.05) is 7.11 Å². The van der Waals surface area contributed by atoms with Gasteiger partial charge in [0, 0.05) is 6.20 Å². The quantitative estimate of drug-likeness (QED) is 0.566. The van der Waals surface area contributed by atoms with Gasteiger partial charge in [-0.05, 0) is 54.2 Å². The summed E-state index contributed by atoms with van der Waals surface area (Å²) in [4.78, 5) is 16.1. The lowest BCUT2D eigenvalue weighted by atomic mass is 9.77. The summed E-state index contributed by atoms with van der Waals surface area (Å²) in [6, 6.07) is 6.73. The van der Waals surface area contributed by atoms with E-state index in [1.807, 2.05) is 0 Å². The average molecular weight is 379 g/mol. The number of benzene rings is 1. The fourth-order valence-electron chi connectivity index (χ4n) is 3.51. The number of carbonyl (C=O) groups is 1. The summed E-state index contributed by atoms with van der Waals surface area (Å²) in [5, 5.41) is 0. The smallest absolute Gasteiger partial charge is 0.433 e. The maximum atomic E-state index is 14.1. The second kappa shape index (κ2) is 6.79. The first-order valence-corrected chi connectivity index (χ1v) is 8.28. The Morgan fingerprint density at radius 3 is 2.56 bits per heavy atom. The second-order valence-electron chi connectivity index (χ2n) is 6.47. The number of aromatic nitrogens is 1. The van der Waals surface area contributed by atoms with Crippen LogP contribution >= 0.6 is 0 Å². The van der Waals surface area contributed by atoms with Gasteiger partial charge in [-0.25, -0.2) is 4.39 Å². The van der Waals surface area contributed by atoms with Crippen LogP contribution in [0.5, 0.6) is 0 Å². The van der Waals surface area contributed by atoms with E-state index < -0.39 is 29.1 Å². The Kier molecular flexibility index (Phi) is 4.80. The molecular weight excluding hydrogens is 362 g/mol. The third kappa shape index (κ3) is 3.34. The molecule has 0 N–H and O–H groups in total. The van der Waals surface area contributed by atoms with Crippen LogP contribution in [-0.2, 0) is 21.1 Å². The van der Waals surface area contributed by atoms with E-state index >= 15 is 0 Å². The highest BCUT2D eigenvalue weighted by Gasteiger charge is 2.44. The van der Waals surface area contributed by atoms with Crippen molar-refractivity contribution in [3.63, 3.8) is 0 Å². The molecule has 3 nitrogen and oxygen atoms in total. The molecule has 1 heterocycles. The molecule has 1 unspecified atom stereocenters. The fraction of sp³-hybridized carbons (Fsp3) is 0.300. The molecule has 1 aromatic heterocycles. The Hall–Kier alpha value is -2.70. The number of esters is 1. The van der Waals surface area contributed by atoms with E-state index in [9.17, 15) is 22.4 Å². The lowest BCUT2D eigenvalue weighted by Gasteiger charge is -2.26. The SMILES string of the molecule is COC(=O)C1(c2cccc(F)c2C)C=C(c2ccc(C(F)(F)F)nc2)CC1. The van der Waals surface area contributed by atoms with Crippen molar-refractivity contribution >= 4 is 11.5 Å². The van der Waals surface area contributed by atoms with Gasteiger partial charge in [-0.1, -0.05) is 24.3 Å². The van der Waals surface area contributed by atoms with E-state index in [0.29, 0.717) is 35.1 Å². The molecular formula is C20H17F4NO2. The molecule has 0 amide bonds. The van der Waals surface area contributed by atoms with Crippen LogP contribution in [0.2, 0.25) is 0 Å². The molecule has 3 rings (SSSR count). The average Bonchev–Trinajstić information content (AvgIpc) is 3.09. The van der Waals surface area contributed by atoms with Gasteiger partial charge in [0.2, 0.25) is 0 Å². The minimum Gasteiger partial charge on any atom is -0.468 e. The molecule has 1 aromatic carbocycles. The van der Waals surface area contributed by atoms with Gasteiger partial charge in [-0.2, -0.15) is 13.2 Å². The van der Waals surface area contributed by atoms with Crippen LogP contribution in [0.4, 0.5) is 17.6 Å². The Morgan fingerprint density at radius 1 is 1.22 bits per heavy atom.